The molecule has 28 heavy (non-hydrogen) atoms. The maximum Gasteiger partial charge on any atom is 0.286 e. The first-order valence-corrected chi connectivity index (χ1v) is 9.48. The molecule has 2 amide bonds. The Balaban J connectivity index is 1.78. The Morgan fingerprint density at radius 2 is 2.21 bits per heavy atom. The number of fused-ring (bicyclic) bond motifs is 1. The van der Waals surface area contributed by atoms with Gasteiger partial charge in [0.05, 0.1) is 22.5 Å². The van der Waals surface area contributed by atoms with Crippen LogP contribution in [0.5, 0.6) is 0 Å². The fourth-order valence-electron chi connectivity index (χ4n) is 3.09. The summed E-state index contributed by atoms with van der Waals surface area (Å²) in [6.45, 7) is 0.177. The van der Waals surface area contributed by atoms with Gasteiger partial charge in [0, 0.05) is 17.7 Å². The highest BCUT2D eigenvalue weighted by Gasteiger charge is 2.40. The number of carbonyl (C=O) groups is 2. The van der Waals surface area contributed by atoms with E-state index < -0.39 is 11.3 Å². The van der Waals surface area contributed by atoms with Gasteiger partial charge in [0.15, 0.2) is 0 Å². The second-order valence-corrected chi connectivity index (χ2v) is 7.39. The van der Waals surface area contributed by atoms with Crippen LogP contribution in [0.2, 0.25) is 0 Å². The summed E-state index contributed by atoms with van der Waals surface area (Å²) in [5.74, 6) is 4.95. The number of amides is 2. The molecule has 3 aromatic rings. The first-order valence-electron chi connectivity index (χ1n) is 8.60. The molecule has 0 spiro atoms. The lowest BCUT2D eigenvalue weighted by Crippen LogP contribution is -2.33. The van der Waals surface area contributed by atoms with Crippen molar-refractivity contribution in [3.8, 4) is 23.1 Å². The van der Waals surface area contributed by atoms with Gasteiger partial charge in [0.2, 0.25) is 11.7 Å². The van der Waals surface area contributed by atoms with Crippen LogP contribution in [-0.4, -0.2) is 40.0 Å². The molecule has 3 heterocycles. The molecule has 4 N–H and O–H groups in total. The summed E-state index contributed by atoms with van der Waals surface area (Å²) in [7, 11) is 0. The number of benzene rings is 1. The van der Waals surface area contributed by atoms with E-state index in [9.17, 15) is 14.7 Å². The molecular formula is C20H16N4O3S. The minimum Gasteiger partial charge on any atom is -0.394 e. The van der Waals surface area contributed by atoms with E-state index in [2.05, 4.69) is 27.1 Å². The molecular weight excluding hydrogens is 376 g/mol. The maximum atomic E-state index is 12.0. The molecule has 1 atom stereocenters. The number of rotatable bonds is 3. The van der Waals surface area contributed by atoms with E-state index in [1.165, 1.54) is 11.3 Å². The molecule has 4 rings (SSSR count). The van der Waals surface area contributed by atoms with Gasteiger partial charge in [-0.1, -0.05) is 24.0 Å². The molecule has 1 aliphatic rings. The third kappa shape index (κ3) is 3.11. The highest BCUT2D eigenvalue weighted by Crippen LogP contribution is 2.31. The predicted octanol–water partition coefficient (Wildman–Crippen LogP) is 1.31. The van der Waals surface area contributed by atoms with E-state index >= 15 is 0 Å². The summed E-state index contributed by atoms with van der Waals surface area (Å²) < 4.78 is 0.845. The number of primary amides is 1. The Morgan fingerprint density at radius 1 is 1.36 bits per heavy atom. The van der Waals surface area contributed by atoms with Gasteiger partial charge < -0.3 is 16.2 Å². The van der Waals surface area contributed by atoms with Crippen molar-refractivity contribution in [2.24, 2.45) is 11.1 Å². The van der Waals surface area contributed by atoms with Gasteiger partial charge in [0.1, 0.15) is 5.41 Å². The number of aliphatic hydroxyl groups is 1. The number of hydrogen-bond acceptors (Lipinski definition) is 6. The van der Waals surface area contributed by atoms with E-state index in [1.807, 2.05) is 35.7 Å². The number of nitrogens with two attached hydrogens (primary N) is 1. The topological polar surface area (TPSA) is 118 Å². The van der Waals surface area contributed by atoms with Crippen molar-refractivity contribution in [2.75, 3.05) is 13.2 Å². The van der Waals surface area contributed by atoms with Gasteiger partial charge in [-0.25, -0.2) is 9.97 Å². The molecule has 140 valence electrons. The van der Waals surface area contributed by atoms with Crippen LogP contribution in [0.25, 0.3) is 21.5 Å². The Kier molecular flexibility index (Phi) is 4.55. The highest BCUT2D eigenvalue weighted by molar-refractivity contribution is 7.17. The van der Waals surface area contributed by atoms with E-state index in [4.69, 9.17) is 5.73 Å². The standard InChI is InChI=1S/C20H16N4O3S/c21-17(26)18-23-14-5-9-28-16(14)15(24-18)13-3-1-2-12(10-13)4-6-20(11-25)7-8-22-19(20)27/h1-3,5,9-10,25H,7-8,11H2,(H2,21,26)(H,22,27)/t20-/m0/s1. The normalized spacial score (nSPS) is 18.5. The van der Waals surface area contributed by atoms with Crippen LogP contribution in [0.4, 0.5) is 0 Å². The van der Waals surface area contributed by atoms with Gasteiger partial charge in [0.25, 0.3) is 5.91 Å². The molecule has 1 aromatic carbocycles. The van der Waals surface area contributed by atoms with Crippen LogP contribution in [0, 0.1) is 17.3 Å². The minimum atomic E-state index is -1.06. The van der Waals surface area contributed by atoms with Crippen molar-refractivity contribution in [3.63, 3.8) is 0 Å². The number of aromatic nitrogens is 2. The van der Waals surface area contributed by atoms with E-state index in [-0.39, 0.29) is 18.3 Å². The summed E-state index contributed by atoms with van der Waals surface area (Å²) in [5, 5.41) is 14.2. The van der Waals surface area contributed by atoms with E-state index in [0.717, 1.165) is 10.3 Å². The first kappa shape index (κ1) is 18.1. The summed E-state index contributed by atoms with van der Waals surface area (Å²) in [6.07, 6.45) is 0.471. The lowest BCUT2D eigenvalue weighted by molar-refractivity contribution is -0.126. The number of nitrogens with one attached hydrogen (secondary N) is 1. The van der Waals surface area contributed by atoms with Gasteiger partial charge in [-0.15, -0.1) is 11.3 Å². The molecule has 0 unspecified atom stereocenters. The second kappa shape index (κ2) is 7.03. The molecule has 2 aromatic heterocycles. The Morgan fingerprint density at radius 3 is 2.93 bits per heavy atom. The van der Waals surface area contributed by atoms with E-state index in [0.29, 0.717) is 29.7 Å². The predicted molar refractivity (Wildman–Crippen MR) is 105 cm³/mol. The summed E-state index contributed by atoms with van der Waals surface area (Å²) >= 11 is 1.47. The molecule has 8 heteroatoms. The van der Waals surface area contributed by atoms with Crippen LogP contribution >= 0.6 is 11.3 Å². The minimum absolute atomic E-state index is 0.0424. The van der Waals surface area contributed by atoms with Crippen molar-refractivity contribution in [3.05, 3.63) is 47.1 Å². The average Bonchev–Trinajstić information content (AvgIpc) is 3.32. The number of hydrogen-bond donors (Lipinski definition) is 3. The SMILES string of the molecule is NC(=O)c1nc(-c2cccc(C#C[C@@]3(CO)CCNC3=O)c2)c2sccc2n1. The molecule has 0 aliphatic carbocycles. The van der Waals surface area contributed by atoms with Crippen LogP contribution in [0.3, 0.4) is 0 Å². The average molecular weight is 392 g/mol. The van der Waals surface area contributed by atoms with Crippen LogP contribution in [-0.2, 0) is 4.79 Å². The fourth-order valence-corrected chi connectivity index (χ4v) is 3.93. The first-order chi connectivity index (χ1) is 13.5. The van der Waals surface area contributed by atoms with Gasteiger partial charge in [-0.3, -0.25) is 9.59 Å². The fraction of sp³-hybridized carbons (Fsp3) is 0.200. The van der Waals surface area contributed by atoms with Crippen LogP contribution in [0.1, 0.15) is 22.6 Å². The van der Waals surface area contributed by atoms with Crippen molar-refractivity contribution in [1.29, 1.82) is 0 Å². The Hall–Kier alpha value is -3.28. The van der Waals surface area contributed by atoms with Gasteiger partial charge in [-0.05, 0) is 30.0 Å². The van der Waals surface area contributed by atoms with Gasteiger partial charge in [-0.2, -0.15) is 0 Å². The number of nitrogens with zero attached hydrogens (tertiary/aromatic N) is 2. The maximum absolute atomic E-state index is 12.0. The molecule has 7 nitrogen and oxygen atoms in total. The summed E-state index contributed by atoms with van der Waals surface area (Å²) in [6, 6.07) is 9.14. The molecule has 1 fully saturated rings. The summed E-state index contributed by atoms with van der Waals surface area (Å²) in [5.41, 5.74) is 7.00. The highest BCUT2D eigenvalue weighted by atomic mass is 32.1. The monoisotopic (exact) mass is 392 g/mol. The second-order valence-electron chi connectivity index (χ2n) is 6.47. The van der Waals surface area contributed by atoms with Crippen LogP contribution < -0.4 is 11.1 Å². The zero-order chi connectivity index (χ0) is 19.7. The van der Waals surface area contributed by atoms with E-state index in [1.54, 1.807) is 0 Å². The Bertz CT molecular complexity index is 1160. The summed E-state index contributed by atoms with van der Waals surface area (Å²) in [4.78, 5) is 32.1. The lowest BCUT2D eigenvalue weighted by Gasteiger charge is -2.15. The quantitative estimate of drug-likeness (QED) is 0.581. The zero-order valence-electron chi connectivity index (χ0n) is 14.7. The molecule has 0 radical (unpaired) electrons. The van der Waals surface area contributed by atoms with Gasteiger partial charge >= 0.3 is 0 Å². The smallest absolute Gasteiger partial charge is 0.286 e. The Labute approximate surface area is 164 Å². The van der Waals surface area contributed by atoms with Crippen LogP contribution in [0.15, 0.2) is 35.7 Å². The van der Waals surface area contributed by atoms with Crippen molar-refractivity contribution < 1.29 is 14.7 Å². The van der Waals surface area contributed by atoms with Crippen molar-refractivity contribution in [2.45, 2.75) is 6.42 Å². The molecule has 0 saturated carbocycles. The van der Waals surface area contributed by atoms with Crippen molar-refractivity contribution >= 4 is 33.4 Å². The number of carbonyl (C=O) groups excluding carboxylic acids is 2. The molecule has 0 bridgehead atoms. The largest absolute Gasteiger partial charge is 0.394 e. The molecule has 1 saturated heterocycles. The third-order valence-corrected chi connectivity index (χ3v) is 5.56. The lowest BCUT2D eigenvalue weighted by atomic mass is 9.88. The number of thiophene rings is 1. The molecule has 1 aliphatic heterocycles. The van der Waals surface area contributed by atoms with Crippen molar-refractivity contribution in [1.82, 2.24) is 15.3 Å². The third-order valence-electron chi connectivity index (χ3n) is 4.65. The number of aliphatic hydroxyl groups excluding tert-OH is 1. The zero-order valence-corrected chi connectivity index (χ0v) is 15.5.